The molecular weight excluding hydrogens is 495 g/mol. The van der Waals surface area contributed by atoms with Crippen LogP contribution in [-0.2, 0) is 0 Å². The number of aromatic nitrogens is 1. The number of nitrogens with one attached hydrogen (secondary N) is 1. The Morgan fingerprint density at radius 2 is 1.30 bits per heavy atom. The van der Waals surface area contributed by atoms with Crippen LogP contribution < -0.4 is 0 Å². The third-order valence-corrected chi connectivity index (χ3v) is 7.48. The Balaban J connectivity index is 1.56. The highest BCUT2D eigenvalue weighted by atomic mass is 35.5. The van der Waals surface area contributed by atoms with Gasteiger partial charge in [-0.15, -0.1) is 0 Å². The van der Waals surface area contributed by atoms with E-state index in [1.807, 2.05) is 24.3 Å². The SMILES string of the molecule is Cc1ccc(C2=N/C(=C\c3[nH]c(-c4ccccc4)cc3-c3ccccc3)c3cc(Cl)c(Cl)cc32)c(C)c1. The van der Waals surface area contributed by atoms with Crippen LogP contribution in [0.25, 0.3) is 34.2 Å². The van der Waals surface area contributed by atoms with Crippen molar-refractivity contribution in [2.24, 2.45) is 4.99 Å². The van der Waals surface area contributed by atoms with E-state index in [9.17, 15) is 0 Å². The van der Waals surface area contributed by atoms with Gasteiger partial charge in [-0.05, 0) is 54.8 Å². The number of rotatable bonds is 4. The lowest BCUT2D eigenvalue weighted by Gasteiger charge is -2.09. The first-order valence-corrected chi connectivity index (χ1v) is 12.9. The fraction of sp³-hybridized carbons (Fsp3) is 0.0606. The van der Waals surface area contributed by atoms with Gasteiger partial charge in [0.2, 0.25) is 0 Å². The van der Waals surface area contributed by atoms with Crippen molar-refractivity contribution in [2.75, 3.05) is 0 Å². The fourth-order valence-corrected chi connectivity index (χ4v) is 5.27. The first-order chi connectivity index (χ1) is 18.0. The number of hydrogen-bond donors (Lipinski definition) is 1. The van der Waals surface area contributed by atoms with Crippen LogP contribution in [0, 0.1) is 13.8 Å². The summed E-state index contributed by atoms with van der Waals surface area (Å²) in [6.07, 6.45) is 2.12. The van der Waals surface area contributed by atoms with Crippen LogP contribution in [0.5, 0.6) is 0 Å². The molecule has 0 bridgehead atoms. The van der Waals surface area contributed by atoms with Crippen LogP contribution in [0.3, 0.4) is 0 Å². The van der Waals surface area contributed by atoms with Gasteiger partial charge >= 0.3 is 0 Å². The lowest BCUT2D eigenvalue weighted by atomic mass is 9.95. The van der Waals surface area contributed by atoms with Gasteiger partial charge in [-0.25, -0.2) is 4.99 Å². The van der Waals surface area contributed by atoms with E-state index in [0.717, 1.165) is 56.2 Å². The molecule has 2 heterocycles. The highest BCUT2D eigenvalue weighted by Crippen LogP contribution is 2.40. The summed E-state index contributed by atoms with van der Waals surface area (Å²) < 4.78 is 0. The monoisotopic (exact) mass is 518 g/mol. The van der Waals surface area contributed by atoms with Crippen molar-refractivity contribution in [2.45, 2.75) is 13.8 Å². The minimum Gasteiger partial charge on any atom is -0.354 e. The maximum atomic E-state index is 6.50. The second kappa shape index (κ2) is 9.55. The van der Waals surface area contributed by atoms with Crippen molar-refractivity contribution in [3.8, 4) is 22.4 Å². The third-order valence-electron chi connectivity index (χ3n) is 6.76. The maximum absolute atomic E-state index is 6.50. The van der Waals surface area contributed by atoms with E-state index in [4.69, 9.17) is 28.2 Å². The number of H-pyrrole nitrogens is 1. The number of hydrogen-bond acceptors (Lipinski definition) is 1. The van der Waals surface area contributed by atoms with Crippen molar-refractivity contribution in [1.82, 2.24) is 4.98 Å². The molecule has 0 aliphatic carbocycles. The summed E-state index contributed by atoms with van der Waals surface area (Å²) in [6, 6.07) is 33.3. The molecule has 37 heavy (non-hydrogen) atoms. The topological polar surface area (TPSA) is 28.1 Å². The molecule has 1 aliphatic heterocycles. The smallest absolute Gasteiger partial charge is 0.0791 e. The second-order valence-corrected chi connectivity index (χ2v) is 10.2. The van der Waals surface area contributed by atoms with Gasteiger partial charge in [0.15, 0.2) is 0 Å². The van der Waals surface area contributed by atoms with Crippen LogP contribution in [0.4, 0.5) is 0 Å². The van der Waals surface area contributed by atoms with Crippen LogP contribution in [0.15, 0.2) is 102 Å². The Hall–Kier alpha value is -3.85. The Morgan fingerprint density at radius 1 is 0.649 bits per heavy atom. The van der Waals surface area contributed by atoms with E-state index in [-0.39, 0.29) is 0 Å². The molecule has 4 aromatic carbocycles. The van der Waals surface area contributed by atoms with Crippen LogP contribution in [0.1, 0.15) is 33.5 Å². The molecule has 0 unspecified atom stereocenters. The molecule has 0 fully saturated rings. The molecule has 180 valence electrons. The molecule has 1 N–H and O–H groups in total. The number of benzene rings is 4. The molecule has 2 nitrogen and oxygen atoms in total. The number of aromatic amines is 1. The van der Waals surface area contributed by atoms with E-state index in [1.165, 1.54) is 11.1 Å². The molecule has 0 saturated carbocycles. The molecule has 1 aliphatic rings. The van der Waals surface area contributed by atoms with Gasteiger partial charge in [0.05, 0.1) is 21.5 Å². The van der Waals surface area contributed by atoms with E-state index in [0.29, 0.717) is 10.0 Å². The van der Waals surface area contributed by atoms with Gasteiger partial charge in [-0.3, -0.25) is 0 Å². The fourth-order valence-electron chi connectivity index (χ4n) is 4.94. The zero-order valence-electron chi connectivity index (χ0n) is 20.5. The summed E-state index contributed by atoms with van der Waals surface area (Å²) in [7, 11) is 0. The number of nitrogens with zero attached hydrogens (tertiary/aromatic N) is 1. The van der Waals surface area contributed by atoms with Crippen molar-refractivity contribution >= 4 is 40.7 Å². The van der Waals surface area contributed by atoms with Crippen LogP contribution in [-0.4, -0.2) is 10.7 Å². The molecule has 0 spiro atoms. The molecule has 5 aromatic rings. The normalized spacial score (nSPS) is 13.6. The van der Waals surface area contributed by atoms with Crippen LogP contribution >= 0.6 is 23.2 Å². The van der Waals surface area contributed by atoms with Gasteiger partial charge < -0.3 is 4.98 Å². The summed E-state index contributed by atoms with van der Waals surface area (Å²) in [6.45, 7) is 4.22. The van der Waals surface area contributed by atoms with Crippen molar-refractivity contribution < 1.29 is 0 Å². The molecule has 0 amide bonds. The molecule has 0 atom stereocenters. The molecule has 6 rings (SSSR count). The summed E-state index contributed by atoms with van der Waals surface area (Å²) in [5.74, 6) is 0. The van der Waals surface area contributed by atoms with Crippen LogP contribution in [0.2, 0.25) is 10.0 Å². The largest absolute Gasteiger partial charge is 0.354 e. The number of halogens is 2. The van der Waals surface area contributed by atoms with E-state index in [1.54, 1.807) is 0 Å². The minimum absolute atomic E-state index is 0.517. The van der Waals surface area contributed by atoms with Crippen molar-refractivity contribution in [3.05, 3.63) is 141 Å². The maximum Gasteiger partial charge on any atom is 0.0791 e. The average Bonchev–Trinajstić information content (AvgIpc) is 3.47. The Labute approximate surface area is 227 Å². The van der Waals surface area contributed by atoms with Gasteiger partial charge in [-0.1, -0.05) is 108 Å². The van der Waals surface area contributed by atoms with Crippen molar-refractivity contribution in [3.63, 3.8) is 0 Å². The molecule has 0 saturated heterocycles. The lowest BCUT2D eigenvalue weighted by molar-refractivity contribution is 1.36. The van der Waals surface area contributed by atoms with Gasteiger partial charge in [0, 0.05) is 33.6 Å². The molecule has 0 radical (unpaired) electrons. The number of aryl methyl sites for hydroxylation is 2. The van der Waals surface area contributed by atoms with E-state index >= 15 is 0 Å². The summed E-state index contributed by atoms with van der Waals surface area (Å²) in [4.78, 5) is 8.80. The standard InChI is InChI=1S/C33H24Cl2N2/c1-20-13-14-24(21(2)15-20)33-27-17-29(35)28(34)16-26(27)32(37-33)19-31-25(22-9-5-3-6-10-22)18-30(36-31)23-11-7-4-8-12-23/h3-19,36H,1-2H3/b32-19-. The second-order valence-electron chi connectivity index (χ2n) is 9.36. The zero-order valence-corrected chi connectivity index (χ0v) is 22.0. The number of aliphatic imine (C=N–C) groups is 1. The summed E-state index contributed by atoms with van der Waals surface area (Å²) >= 11 is 13.0. The Morgan fingerprint density at radius 3 is 1.97 bits per heavy atom. The van der Waals surface area contributed by atoms with Gasteiger partial charge in [0.25, 0.3) is 0 Å². The highest BCUT2D eigenvalue weighted by Gasteiger charge is 2.25. The van der Waals surface area contributed by atoms with E-state index < -0.39 is 0 Å². The quantitative estimate of drug-likeness (QED) is 0.245. The predicted molar refractivity (Wildman–Crippen MR) is 158 cm³/mol. The summed E-state index contributed by atoms with van der Waals surface area (Å²) in [5, 5.41) is 1.04. The molecular formula is C33H24Cl2N2. The van der Waals surface area contributed by atoms with Crippen molar-refractivity contribution in [1.29, 1.82) is 0 Å². The number of fused-ring (bicyclic) bond motifs is 1. The van der Waals surface area contributed by atoms with Gasteiger partial charge in [0.1, 0.15) is 0 Å². The Kier molecular flexibility index (Phi) is 6.08. The first kappa shape index (κ1) is 23.5. The highest BCUT2D eigenvalue weighted by molar-refractivity contribution is 6.43. The summed E-state index contributed by atoms with van der Waals surface area (Å²) in [5.41, 5.74) is 12.6. The zero-order chi connectivity index (χ0) is 25.5. The average molecular weight is 519 g/mol. The van der Waals surface area contributed by atoms with Gasteiger partial charge in [-0.2, -0.15) is 0 Å². The predicted octanol–water partition coefficient (Wildman–Crippen LogP) is 9.62. The lowest BCUT2D eigenvalue weighted by Crippen LogP contribution is -2.03. The minimum atomic E-state index is 0.517. The molecule has 1 aromatic heterocycles. The van der Waals surface area contributed by atoms with E-state index in [2.05, 4.69) is 97.7 Å². The third kappa shape index (κ3) is 4.44. The Bertz CT molecular complexity index is 1690. The first-order valence-electron chi connectivity index (χ1n) is 12.2. The molecule has 4 heteroatoms.